The lowest BCUT2D eigenvalue weighted by Gasteiger charge is -2.11. The molecule has 18 heavy (non-hydrogen) atoms. The second-order valence-corrected chi connectivity index (χ2v) is 4.60. The van der Waals surface area contributed by atoms with E-state index in [-0.39, 0.29) is 17.3 Å². The van der Waals surface area contributed by atoms with Gasteiger partial charge in [0.2, 0.25) is 0 Å². The van der Waals surface area contributed by atoms with E-state index in [4.69, 9.17) is 15.7 Å². The van der Waals surface area contributed by atoms with Crippen molar-refractivity contribution in [3.8, 4) is 0 Å². The van der Waals surface area contributed by atoms with Gasteiger partial charge in [-0.1, -0.05) is 5.16 Å². The van der Waals surface area contributed by atoms with Crippen LogP contribution >= 0.6 is 11.8 Å². The highest BCUT2D eigenvalue weighted by Gasteiger charge is 2.08. The smallest absolute Gasteiger partial charge is 0.168 e. The number of oxime groups is 1. The van der Waals surface area contributed by atoms with Crippen molar-refractivity contribution in [3.05, 3.63) is 29.8 Å². The van der Waals surface area contributed by atoms with E-state index in [1.807, 2.05) is 0 Å². The lowest BCUT2D eigenvalue weighted by molar-refractivity contribution is 0.120. The molecule has 1 atom stereocenters. The van der Waals surface area contributed by atoms with Crippen LogP contribution in [0, 0.1) is 11.6 Å². The topological polar surface area (TPSA) is 67.8 Å². The Hall–Kier alpha value is -1.34. The second-order valence-electron chi connectivity index (χ2n) is 3.46. The Labute approximate surface area is 108 Å². The first kappa shape index (κ1) is 14.7. The SMILES string of the molecule is CC(OCCSc1cc(F)ccc1F)/C(N)=N/O. The van der Waals surface area contributed by atoms with E-state index in [2.05, 4.69) is 5.16 Å². The highest BCUT2D eigenvalue weighted by Crippen LogP contribution is 2.22. The molecule has 0 bridgehead atoms. The Morgan fingerprint density at radius 1 is 1.56 bits per heavy atom. The molecule has 0 saturated heterocycles. The van der Waals surface area contributed by atoms with Crippen LogP contribution in [0.15, 0.2) is 28.3 Å². The third kappa shape index (κ3) is 4.50. The molecule has 100 valence electrons. The summed E-state index contributed by atoms with van der Waals surface area (Å²) in [5, 5.41) is 11.2. The molecule has 0 aliphatic heterocycles. The van der Waals surface area contributed by atoms with E-state index in [1.165, 1.54) is 0 Å². The third-order valence-electron chi connectivity index (χ3n) is 2.13. The van der Waals surface area contributed by atoms with Gasteiger partial charge >= 0.3 is 0 Å². The molecule has 0 aliphatic rings. The van der Waals surface area contributed by atoms with Crippen LogP contribution < -0.4 is 5.73 Å². The van der Waals surface area contributed by atoms with E-state index in [0.717, 1.165) is 30.0 Å². The Morgan fingerprint density at radius 2 is 2.28 bits per heavy atom. The number of nitrogens with two attached hydrogens (primary N) is 1. The molecule has 0 radical (unpaired) electrons. The van der Waals surface area contributed by atoms with Crippen LogP contribution in [-0.2, 0) is 4.74 Å². The van der Waals surface area contributed by atoms with Crippen molar-refractivity contribution in [2.24, 2.45) is 10.9 Å². The normalized spacial score (nSPS) is 13.6. The van der Waals surface area contributed by atoms with E-state index in [1.54, 1.807) is 6.92 Å². The summed E-state index contributed by atoms with van der Waals surface area (Å²) >= 11 is 1.14. The largest absolute Gasteiger partial charge is 0.409 e. The maximum Gasteiger partial charge on any atom is 0.168 e. The van der Waals surface area contributed by atoms with Gasteiger partial charge in [0.15, 0.2) is 5.84 Å². The molecule has 0 aliphatic carbocycles. The maximum absolute atomic E-state index is 13.2. The first-order chi connectivity index (χ1) is 8.54. The molecule has 7 heteroatoms. The predicted molar refractivity (Wildman–Crippen MR) is 65.9 cm³/mol. The molecule has 0 aromatic heterocycles. The molecule has 0 saturated carbocycles. The minimum Gasteiger partial charge on any atom is -0.409 e. The fraction of sp³-hybridized carbons (Fsp3) is 0.364. The van der Waals surface area contributed by atoms with Gasteiger partial charge in [-0.25, -0.2) is 8.78 Å². The number of hydrogen-bond acceptors (Lipinski definition) is 4. The number of rotatable bonds is 6. The van der Waals surface area contributed by atoms with Gasteiger partial charge in [-0.2, -0.15) is 0 Å². The molecular weight excluding hydrogens is 262 g/mol. The quantitative estimate of drug-likeness (QED) is 0.209. The van der Waals surface area contributed by atoms with E-state index in [0.29, 0.717) is 5.75 Å². The summed E-state index contributed by atoms with van der Waals surface area (Å²) in [6.45, 7) is 1.90. The minimum absolute atomic E-state index is 0.0306. The Kier molecular flexibility index (Phi) is 5.87. The zero-order valence-corrected chi connectivity index (χ0v) is 10.6. The lowest BCUT2D eigenvalue weighted by Crippen LogP contribution is -2.29. The lowest BCUT2D eigenvalue weighted by atomic mass is 10.3. The molecule has 0 fully saturated rings. The van der Waals surface area contributed by atoms with Crippen molar-refractivity contribution >= 4 is 17.6 Å². The Bertz CT molecular complexity index is 430. The first-order valence-corrected chi connectivity index (χ1v) is 6.20. The first-order valence-electron chi connectivity index (χ1n) is 5.21. The third-order valence-corrected chi connectivity index (χ3v) is 3.13. The number of hydrogen-bond donors (Lipinski definition) is 2. The summed E-state index contributed by atoms with van der Waals surface area (Å²) in [5.74, 6) is -0.545. The number of thioether (sulfide) groups is 1. The summed E-state index contributed by atoms with van der Waals surface area (Å²) in [6, 6.07) is 3.28. The molecule has 1 aromatic rings. The summed E-state index contributed by atoms with van der Waals surface area (Å²) in [7, 11) is 0. The number of halogens is 2. The second kappa shape index (κ2) is 7.17. The zero-order chi connectivity index (χ0) is 13.5. The summed E-state index contributed by atoms with van der Waals surface area (Å²) in [4.78, 5) is 0.232. The zero-order valence-electron chi connectivity index (χ0n) is 9.77. The van der Waals surface area contributed by atoms with Gasteiger partial charge in [0.25, 0.3) is 0 Å². The Morgan fingerprint density at radius 3 is 2.94 bits per heavy atom. The van der Waals surface area contributed by atoms with Crippen LogP contribution in [-0.4, -0.2) is 29.5 Å². The summed E-state index contributed by atoms with van der Waals surface area (Å²) < 4.78 is 31.3. The fourth-order valence-corrected chi connectivity index (χ4v) is 1.93. The number of ether oxygens (including phenoxy) is 1. The predicted octanol–water partition coefficient (Wildman–Crippen LogP) is 2.21. The van der Waals surface area contributed by atoms with Gasteiger partial charge in [-0.15, -0.1) is 11.8 Å². The molecule has 1 unspecified atom stereocenters. The standard InChI is InChI=1S/C11H14F2N2O2S/c1-7(11(14)15-16)17-4-5-18-10-6-8(12)2-3-9(10)13/h2-3,6-7,16H,4-5H2,1H3,(H2,14,15). The van der Waals surface area contributed by atoms with E-state index in [9.17, 15) is 8.78 Å². The average molecular weight is 276 g/mol. The van der Waals surface area contributed by atoms with E-state index >= 15 is 0 Å². The van der Waals surface area contributed by atoms with Crippen LogP contribution in [0.2, 0.25) is 0 Å². The summed E-state index contributed by atoms with van der Waals surface area (Å²) in [5.41, 5.74) is 5.31. The van der Waals surface area contributed by atoms with E-state index < -0.39 is 17.7 Å². The highest BCUT2D eigenvalue weighted by atomic mass is 32.2. The molecule has 1 rings (SSSR count). The molecule has 0 amide bonds. The maximum atomic E-state index is 13.2. The van der Waals surface area contributed by atoms with Crippen molar-refractivity contribution in [2.45, 2.75) is 17.9 Å². The Balaban J connectivity index is 2.36. The minimum atomic E-state index is -0.520. The molecule has 0 spiro atoms. The van der Waals surface area contributed by atoms with Gasteiger partial charge < -0.3 is 15.7 Å². The van der Waals surface area contributed by atoms with Crippen molar-refractivity contribution in [3.63, 3.8) is 0 Å². The average Bonchev–Trinajstić information content (AvgIpc) is 2.37. The van der Waals surface area contributed by atoms with Crippen molar-refractivity contribution in [1.29, 1.82) is 0 Å². The van der Waals surface area contributed by atoms with Crippen LogP contribution in [0.3, 0.4) is 0 Å². The molecular formula is C11H14F2N2O2S. The summed E-state index contributed by atoms with van der Waals surface area (Å²) in [6.07, 6.45) is -0.520. The number of nitrogens with zero attached hydrogens (tertiary/aromatic N) is 1. The number of benzene rings is 1. The van der Waals surface area contributed by atoms with Crippen molar-refractivity contribution < 1.29 is 18.7 Å². The van der Waals surface area contributed by atoms with Crippen LogP contribution in [0.1, 0.15) is 6.92 Å². The van der Waals surface area contributed by atoms with Gasteiger partial charge in [0, 0.05) is 10.6 Å². The van der Waals surface area contributed by atoms with Crippen LogP contribution in [0.25, 0.3) is 0 Å². The van der Waals surface area contributed by atoms with Crippen LogP contribution in [0.5, 0.6) is 0 Å². The van der Waals surface area contributed by atoms with Gasteiger partial charge in [-0.05, 0) is 25.1 Å². The van der Waals surface area contributed by atoms with Gasteiger partial charge in [0.1, 0.15) is 17.7 Å². The molecule has 4 nitrogen and oxygen atoms in total. The molecule has 3 N–H and O–H groups in total. The fourth-order valence-electron chi connectivity index (χ4n) is 1.13. The van der Waals surface area contributed by atoms with Gasteiger partial charge in [0.05, 0.1) is 6.61 Å². The highest BCUT2D eigenvalue weighted by molar-refractivity contribution is 7.99. The monoisotopic (exact) mass is 276 g/mol. The molecule has 1 aromatic carbocycles. The van der Waals surface area contributed by atoms with Crippen LogP contribution in [0.4, 0.5) is 8.78 Å². The van der Waals surface area contributed by atoms with Crippen molar-refractivity contribution in [2.75, 3.05) is 12.4 Å². The van der Waals surface area contributed by atoms with Crippen molar-refractivity contribution in [1.82, 2.24) is 0 Å². The number of amidine groups is 1. The molecule has 0 heterocycles. The van der Waals surface area contributed by atoms with Gasteiger partial charge in [-0.3, -0.25) is 0 Å².